The molecule has 0 radical (unpaired) electrons. The first-order valence-corrected chi connectivity index (χ1v) is 8.45. The molecule has 0 bridgehead atoms. The Morgan fingerprint density at radius 3 is 2.58 bits per heavy atom. The summed E-state index contributed by atoms with van der Waals surface area (Å²) in [5.41, 5.74) is 2.10. The molecule has 0 atom stereocenters. The van der Waals surface area contributed by atoms with E-state index in [0.717, 1.165) is 24.3 Å². The lowest BCUT2D eigenvalue weighted by atomic mass is 9.78. The van der Waals surface area contributed by atoms with Gasteiger partial charge in [0.05, 0.1) is 19.2 Å². The molecule has 5 nitrogen and oxygen atoms in total. The minimum Gasteiger partial charge on any atom is -0.497 e. The van der Waals surface area contributed by atoms with Crippen LogP contribution in [0.2, 0.25) is 0 Å². The van der Waals surface area contributed by atoms with Crippen molar-refractivity contribution in [2.45, 2.75) is 44.4 Å². The van der Waals surface area contributed by atoms with E-state index in [1.165, 1.54) is 18.4 Å². The average Bonchev–Trinajstić information content (AvgIpc) is 3.23. The van der Waals surface area contributed by atoms with E-state index < -0.39 is 0 Å². The normalized spacial score (nSPS) is 16.1. The van der Waals surface area contributed by atoms with Crippen molar-refractivity contribution < 1.29 is 14.1 Å². The first kappa shape index (κ1) is 16.6. The van der Waals surface area contributed by atoms with E-state index >= 15 is 0 Å². The Bertz CT molecular complexity index is 685. The molecule has 3 rings (SSSR count). The van der Waals surface area contributed by atoms with Gasteiger partial charge >= 0.3 is 0 Å². The molecule has 1 saturated carbocycles. The van der Waals surface area contributed by atoms with Crippen LogP contribution in [0.4, 0.5) is 0 Å². The molecule has 1 aliphatic carbocycles. The van der Waals surface area contributed by atoms with Crippen LogP contribution in [-0.4, -0.2) is 24.7 Å². The van der Waals surface area contributed by atoms with Gasteiger partial charge in [-0.2, -0.15) is 0 Å². The zero-order valence-corrected chi connectivity index (χ0v) is 14.3. The highest BCUT2D eigenvalue weighted by Crippen LogP contribution is 2.41. The number of aromatic nitrogens is 1. The van der Waals surface area contributed by atoms with Crippen molar-refractivity contribution >= 4 is 5.91 Å². The highest BCUT2D eigenvalue weighted by Gasteiger charge is 2.35. The van der Waals surface area contributed by atoms with Crippen LogP contribution in [0.5, 0.6) is 5.75 Å². The van der Waals surface area contributed by atoms with E-state index in [-0.39, 0.29) is 17.7 Å². The molecule has 2 aromatic rings. The van der Waals surface area contributed by atoms with Crippen LogP contribution in [0.3, 0.4) is 0 Å². The highest BCUT2D eigenvalue weighted by molar-refractivity contribution is 5.78. The van der Waals surface area contributed by atoms with Gasteiger partial charge in [-0.1, -0.05) is 30.1 Å². The lowest BCUT2D eigenvalue weighted by Crippen LogP contribution is -2.39. The third-order valence-electron chi connectivity index (χ3n) is 4.90. The van der Waals surface area contributed by atoms with Gasteiger partial charge in [-0.3, -0.25) is 4.79 Å². The largest absolute Gasteiger partial charge is 0.497 e. The molecule has 0 spiro atoms. The zero-order chi connectivity index (χ0) is 17.0. The summed E-state index contributed by atoms with van der Waals surface area (Å²) in [6.07, 6.45) is 4.83. The maximum Gasteiger partial charge on any atom is 0.227 e. The third-order valence-corrected chi connectivity index (χ3v) is 4.90. The first-order valence-electron chi connectivity index (χ1n) is 8.45. The van der Waals surface area contributed by atoms with Crippen molar-refractivity contribution in [1.29, 1.82) is 0 Å². The first-order chi connectivity index (χ1) is 11.6. The Kier molecular flexibility index (Phi) is 4.88. The molecule has 24 heavy (non-hydrogen) atoms. The number of nitrogens with one attached hydrogen (secondary N) is 1. The number of hydrogen-bond acceptors (Lipinski definition) is 4. The molecule has 1 aromatic heterocycles. The smallest absolute Gasteiger partial charge is 0.227 e. The molecule has 128 valence electrons. The van der Waals surface area contributed by atoms with Gasteiger partial charge in [-0.05, 0) is 37.5 Å². The fraction of sp³-hybridized carbons (Fsp3) is 0.474. The molecule has 1 amide bonds. The summed E-state index contributed by atoms with van der Waals surface area (Å²) in [6, 6.07) is 10.0. The van der Waals surface area contributed by atoms with Crippen molar-refractivity contribution in [3.8, 4) is 5.75 Å². The maximum atomic E-state index is 12.2. The Morgan fingerprint density at radius 2 is 2.00 bits per heavy atom. The molecule has 1 fully saturated rings. The second-order valence-corrected chi connectivity index (χ2v) is 6.60. The van der Waals surface area contributed by atoms with Crippen LogP contribution < -0.4 is 10.1 Å². The number of carbonyl (C=O) groups is 1. The fourth-order valence-electron chi connectivity index (χ4n) is 3.55. The molecule has 1 N–H and O–H groups in total. The number of methoxy groups -OCH3 is 1. The van der Waals surface area contributed by atoms with Crippen molar-refractivity contribution in [1.82, 2.24) is 10.5 Å². The summed E-state index contributed by atoms with van der Waals surface area (Å²) < 4.78 is 10.4. The predicted octanol–water partition coefficient (Wildman–Crippen LogP) is 3.16. The standard InChI is InChI=1S/C19H24N2O3/c1-14-11-17(24-21-14)12-18(22)20-13-19(9-3-4-10-19)15-5-7-16(23-2)8-6-15/h5-8,11H,3-4,9-10,12-13H2,1-2H3,(H,20,22). The molecule has 0 unspecified atom stereocenters. The van der Waals surface area contributed by atoms with Crippen LogP contribution in [0.1, 0.15) is 42.7 Å². The second kappa shape index (κ2) is 7.07. The molecule has 1 aliphatic rings. The van der Waals surface area contributed by atoms with E-state index in [2.05, 4.69) is 22.6 Å². The summed E-state index contributed by atoms with van der Waals surface area (Å²) >= 11 is 0. The number of amides is 1. The van der Waals surface area contributed by atoms with Gasteiger partial charge in [-0.15, -0.1) is 0 Å². The van der Waals surface area contributed by atoms with Crippen LogP contribution in [0.25, 0.3) is 0 Å². The summed E-state index contributed by atoms with van der Waals surface area (Å²) in [6.45, 7) is 2.51. The summed E-state index contributed by atoms with van der Waals surface area (Å²) in [7, 11) is 1.67. The Balaban J connectivity index is 1.66. The number of carbonyl (C=O) groups excluding carboxylic acids is 1. The van der Waals surface area contributed by atoms with E-state index in [9.17, 15) is 4.79 Å². The van der Waals surface area contributed by atoms with Gasteiger partial charge in [-0.25, -0.2) is 0 Å². The van der Waals surface area contributed by atoms with Gasteiger partial charge < -0.3 is 14.6 Å². The number of aryl methyl sites for hydroxylation is 1. The average molecular weight is 328 g/mol. The van der Waals surface area contributed by atoms with Crippen LogP contribution in [-0.2, 0) is 16.6 Å². The van der Waals surface area contributed by atoms with Crippen LogP contribution in [0.15, 0.2) is 34.9 Å². The monoisotopic (exact) mass is 328 g/mol. The predicted molar refractivity (Wildman–Crippen MR) is 91.1 cm³/mol. The summed E-state index contributed by atoms with van der Waals surface area (Å²) in [5.74, 6) is 1.44. The van der Waals surface area contributed by atoms with Crippen molar-refractivity contribution in [2.75, 3.05) is 13.7 Å². The zero-order valence-electron chi connectivity index (χ0n) is 14.3. The maximum absolute atomic E-state index is 12.2. The van der Waals surface area contributed by atoms with Gasteiger partial charge in [0.2, 0.25) is 5.91 Å². The van der Waals surface area contributed by atoms with E-state index in [4.69, 9.17) is 9.26 Å². The van der Waals surface area contributed by atoms with Gasteiger partial charge in [0.15, 0.2) is 0 Å². The van der Waals surface area contributed by atoms with Gasteiger partial charge in [0.1, 0.15) is 11.5 Å². The topological polar surface area (TPSA) is 64.4 Å². The van der Waals surface area contributed by atoms with Crippen molar-refractivity contribution in [3.05, 3.63) is 47.3 Å². The highest BCUT2D eigenvalue weighted by atomic mass is 16.5. The molecule has 0 aliphatic heterocycles. The number of benzene rings is 1. The van der Waals surface area contributed by atoms with Crippen LogP contribution >= 0.6 is 0 Å². The Labute approximate surface area is 142 Å². The lowest BCUT2D eigenvalue weighted by molar-refractivity contribution is -0.121. The van der Waals surface area contributed by atoms with Crippen LogP contribution in [0, 0.1) is 6.92 Å². The molecule has 5 heteroatoms. The quantitative estimate of drug-likeness (QED) is 0.884. The third kappa shape index (κ3) is 3.61. The summed E-state index contributed by atoms with van der Waals surface area (Å²) in [5, 5.41) is 6.91. The molecule has 1 heterocycles. The molecular weight excluding hydrogens is 304 g/mol. The number of nitrogens with zero attached hydrogens (tertiary/aromatic N) is 1. The molecule has 0 saturated heterocycles. The second-order valence-electron chi connectivity index (χ2n) is 6.60. The van der Waals surface area contributed by atoms with E-state index in [1.807, 2.05) is 19.1 Å². The van der Waals surface area contributed by atoms with Crippen molar-refractivity contribution in [3.63, 3.8) is 0 Å². The molecule has 1 aromatic carbocycles. The number of rotatable bonds is 6. The summed E-state index contributed by atoms with van der Waals surface area (Å²) in [4.78, 5) is 12.2. The Morgan fingerprint density at radius 1 is 1.29 bits per heavy atom. The van der Waals surface area contributed by atoms with Crippen molar-refractivity contribution in [2.24, 2.45) is 0 Å². The van der Waals surface area contributed by atoms with E-state index in [1.54, 1.807) is 13.2 Å². The number of ether oxygens (including phenoxy) is 1. The minimum absolute atomic E-state index is 0.0223. The minimum atomic E-state index is -0.0223. The Hall–Kier alpha value is -2.30. The van der Waals surface area contributed by atoms with Gasteiger partial charge in [0, 0.05) is 18.0 Å². The SMILES string of the molecule is COc1ccc(C2(CNC(=O)Cc3cc(C)no3)CCCC2)cc1. The molecular formula is C19H24N2O3. The lowest BCUT2D eigenvalue weighted by Gasteiger charge is -2.30. The van der Waals surface area contributed by atoms with E-state index in [0.29, 0.717) is 12.3 Å². The number of hydrogen-bond donors (Lipinski definition) is 1. The van der Waals surface area contributed by atoms with Gasteiger partial charge in [0.25, 0.3) is 0 Å². The fourth-order valence-corrected chi connectivity index (χ4v) is 3.55.